The van der Waals surface area contributed by atoms with Crippen LogP contribution < -0.4 is 10.0 Å². The van der Waals surface area contributed by atoms with Crippen molar-refractivity contribution >= 4 is 21.7 Å². The highest BCUT2D eigenvalue weighted by molar-refractivity contribution is 7.92. The van der Waals surface area contributed by atoms with E-state index in [0.717, 1.165) is 19.2 Å². The number of hydrogen-bond donors (Lipinski definition) is 2. The molecule has 2 rings (SSSR count). The quantitative estimate of drug-likeness (QED) is 0.843. The summed E-state index contributed by atoms with van der Waals surface area (Å²) in [6.45, 7) is 0.734. The Morgan fingerprint density at radius 3 is 2.25 bits per heavy atom. The highest BCUT2D eigenvalue weighted by atomic mass is 32.2. The van der Waals surface area contributed by atoms with Crippen molar-refractivity contribution in [3.05, 3.63) is 48.0 Å². The smallest absolute Gasteiger partial charge is 0.231 e. The van der Waals surface area contributed by atoms with Crippen LogP contribution in [0.5, 0.6) is 0 Å². The van der Waals surface area contributed by atoms with Crippen LogP contribution in [0.4, 0.5) is 11.6 Å². The number of anilines is 2. The Balaban J connectivity index is 1.85. The van der Waals surface area contributed by atoms with E-state index in [1.165, 1.54) is 5.56 Å². The van der Waals surface area contributed by atoms with E-state index >= 15 is 0 Å². The number of benzene rings is 1. The molecule has 0 aliphatic rings. The Hall–Kier alpha value is -2.15. The highest BCUT2D eigenvalue weighted by Crippen LogP contribution is 2.07. The van der Waals surface area contributed by atoms with Gasteiger partial charge < -0.3 is 5.32 Å². The first-order valence-electron chi connectivity index (χ1n) is 6.12. The third-order valence-electron chi connectivity index (χ3n) is 2.52. The Bertz CT molecular complexity index is 642. The molecule has 0 saturated heterocycles. The summed E-state index contributed by atoms with van der Waals surface area (Å²) < 4.78 is 24.3. The van der Waals surface area contributed by atoms with Crippen molar-refractivity contribution < 1.29 is 8.42 Å². The standard InChI is InChI=1S/C13H16N4O2S/c1-20(18,19)17-13-8-7-12(15-16-13)14-10-9-11-5-3-2-4-6-11/h2-8H,9-10H2,1H3,(H,14,15)(H,16,17). The fourth-order valence-corrected chi connectivity index (χ4v) is 2.14. The summed E-state index contributed by atoms with van der Waals surface area (Å²) in [5, 5.41) is 10.8. The van der Waals surface area contributed by atoms with Gasteiger partial charge in [-0.05, 0) is 24.1 Å². The Labute approximate surface area is 118 Å². The van der Waals surface area contributed by atoms with Gasteiger partial charge in [-0.1, -0.05) is 30.3 Å². The Morgan fingerprint density at radius 2 is 1.65 bits per heavy atom. The molecule has 106 valence electrons. The van der Waals surface area contributed by atoms with E-state index in [2.05, 4.69) is 32.4 Å². The topological polar surface area (TPSA) is 84.0 Å². The molecule has 0 unspecified atom stereocenters. The second-order valence-electron chi connectivity index (χ2n) is 4.34. The number of aromatic nitrogens is 2. The van der Waals surface area contributed by atoms with E-state index in [1.807, 2.05) is 18.2 Å². The molecule has 1 heterocycles. The lowest BCUT2D eigenvalue weighted by atomic mass is 10.1. The molecule has 0 fully saturated rings. The summed E-state index contributed by atoms with van der Waals surface area (Å²) >= 11 is 0. The van der Waals surface area contributed by atoms with Crippen molar-refractivity contribution in [1.29, 1.82) is 0 Å². The molecule has 0 bridgehead atoms. The molecule has 0 radical (unpaired) electrons. The summed E-state index contributed by atoms with van der Waals surface area (Å²) in [7, 11) is -3.32. The van der Waals surface area contributed by atoms with E-state index < -0.39 is 10.0 Å². The van der Waals surface area contributed by atoms with Gasteiger partial charge in [0.1, 0.15) is 5.82 Å². The molecule has 2 aromatic rings. The van der Waals surface area contributed by atoms with Crippen LogP contribution in [0.3, 0.4) is 0 Å². The van der Waals surface area contributed by atoms with Crippen LogP contribution in [0.2, 0.25) is 0 Å². The number of nitrogens with one attached hydrogen (secondary N) is 2. The van der Waals surface area contributed by atoms with E-state index in [-0.39, 0.29) is 5.82 Å². The van der Waals surface area contributed by atoms with Crippen LogP contribution in [0.1, 0.15) is 5.56 Å². The normalized spacial score (nSPS) is 11.1. The molecule has 0 saturated carbocycles. The second-order valence-corrected chi connectivity index (χ2v) is 6.09. The van der Waals surface area contributed by atoms with Crippen LogP contribution in [-0.2, 0) is 16.4 Å². The number of hydrogen-bond acceptors (Lipinski definition) is 5. The van der Waals surface area contributed by atoms with Crippen LogP contribution in [0.15, 0.2) is 42.5 Å². The maximum Gasteiger partial charge on any atom is 0.231 e. The lowest BCUT2D eigenvalue weighted by Gasteiger charge is -2.06. The van der Waals surface area contributed by atoms with Gasteiger partial charge >= 0.3 is 0 Å². The lowest BCUT2D eigenvalue weighted by molar-refractivity contribution is 0.606. The van der Waals surface area contributed by atoms with Crippen molar-refractivity contribution in [2.75, 3.05) is 22.8 Å². The van der Waals surface area contributed by atoms with Gasteiger partial charge in [0.25, 0.3) is 0 Å². The van der Waals surface area contributed by atoms with Crippen molar-refractivity contribution in [1.82, 2.24) is 10.2 Å². The zero-order valence-electron chi connectivity index (χ0n) is 11.1. The minimum atomic E-state index is -3.32. The molecule has 7 heteroatoms. The number of nitrogens with zero attached hydrogens (tertiary/aromatic N) is 2. The molecular formula is C13H16N4O2S. The van der Waals surface area contributed by atoms with Crippen LogP contribution in [-0.4, -0.2) is 31.4 Å². The Kier molecular flexibility index (Phi) is 4.52. The summed E-state index contributed by atoms with van der Waals surface area (Å²) in [5.74, 6) is 0.820. The minimum absolute atomic E-state index is 0.209. The lowest BCUT2D eigenvalue weighted by Crippen LogP contribution is -2.12. The highest BCUT2D eigenvalue weighted by Gasteiger charge is 2.03. The van der Waals surface area contributed by atoms with E-state index in [1.54, 1.807) is 12.1 Å². The maximum absolute atomic E-state index is 11.0. The van der Waals surface area contributed by atoms with Gasteiger partial charge in [0.05, 0.1) is 6.26 Å². The average Bonchev–Trinajstić information content (AvgIpc) is 2.40. The van der Waals surface area contributed by atoms with Crippen LogP contribution >= 0.6 is 0 Å². The second kappa shape index (κ2) is 6.33. The molecule has 2 N–H and O–H groups in total. The molecular weight excluding hydrogens is 276 g/mol. The fraction of sp³-hybridized carbons (Fsp3) is 0.231. The van der Waals surface area contributed by atoms with Crippen molar-refractivity contribution in [3.63, 3.8) is 0 Å². The van der Waals surface area contributed by atoms with E-state index in [0.29, 0.717) is 5.82 Å². The fourth-order valence-electron chi connectivity index (χ4n) is 1.65. The van der Waals surface area contributed by atoms with Crippen molar-refractivity contribution in [3.8, 4) is 0 Å². The largest absolute Gasteiger partial charge is 0.368 e. The number of sulfonamides is 1. The van der Waals surface area contributed by atoms with E-state index in [4.69, 9.17) is 0 Å². The first-order valence-corrected chi connectivity index (χ1v) is 8.01. The average molecular weight is 292 g/mol. The molecule has 6 nitrogen and oxygen atoms in total. The summed E-state index contributed by atoms with van der Waals surface area (Å²) in [5.41, 5.74) is 1.24. The van der Waals surface area contributed by atoms with Crippen molar-refractivity contribution in [2.24, 2.45) is 0 Å². The van der Waals surface area contributed by atoms with Gasteiger partial charge in [0.15, 0.2) is 5.82 Å². The molecule has 1 aromatic carbocycles. The molecule has 20 heavy (non-hydrogen) atoms. The summed E-state index contributed by atoms with van der Waals surface area (Å²) in [4.78, 5) is 0. The molecule has 0 spiro atoms. The molecule has 0 aliphatic heterocycles. The predicted molar refractivity (Wildman–Crippen MR) is 79.1 cm³/mol. The third-order valence-corrected chi connectivity index (χ3v) is 3.10. The van der Waals surface area contributed by atoms with Gasteiger partial charge in [-0.3, -0.25) is 4.72 Å². The van der Waals surface area contributed by atoms with Gasteiger partial charge in [-0.2, -0.15) is 0 Å². The zero-order chi connectivity index (χ0) is 14.4. The monoisotopic (exact) mass is 292 g/mol. The molecule has 0 amide bonds. The zero-order valence-corrected chi connectivity index (χ0v) is 11.9. The SMILES string of the molecule is CS(=O)(=O)Nc1ccc(NCCc2ccccc2)nn1. The molecule has 1 aromatic heterocycles. The van der Waals surface area contributed by atoms with Crippen LogP contribution in [0, 0.1) is 0 Å². The van der Waals surface area contributed by atoms with Crippen molar-refractivity contribution in [2.45, 2.75) is 6.42 Å². The van der Waals surface area contributed by atoms with E-state index in [9.17, 15) is 8.42 Å². The molecule has 0 atom stereocenters. The summed E-state index contributed by atoms with van der Waals surface area (Å²) in [6.07, 6.45) is 1.95. The minimum Gasteiger partial charge on any atom is -0.368 e. The maximum atomic E-state index is 11.0. The third kappa shape index (κ3) is 4.85. The number of rotatable bonds is 6. The molecule has 0 aliphatic carbocycles. The van der Waals surface area contributed by atoms with Gasteiger partial charge in [0, 0.05) is 6.54 Å². The van der Waals surface area contributed by atoms with Gasteiger partial charge in [-0.15, -0.1) is 10.2 Å². The summed E-state index contributed by atoms with van der Waals surface area (Å²) in [6, 6.07) is 13.4. The van der Waals surface area contributed by atoms with Gasteiger partial charge in [0.2, 0.25) is 10.0 Å². The Morgan fingerprint density at radius 1 is 1.00 bits per heavy atom. The first kappa shape index (κ1) is 14.3. The first-order chi connectivity index (χ1) is 9.53. The predicted octanol–water partition coefficient (Wildman–Crippen LogP) is 1.50. The van der Waals surface area contributed by atoms with Crippen LogP contribution in [0.25, 0.3) is 0 Å². The van der Waals surface area contributed by atoms with Gasteiger partial charge in [-0.25, -0.2) is 8.42 Å².